The van der Waals surface area contributed by atoms with Crippen LogP contribution in [0.5, 0.6) is 0 Å². The standard InChI is InChI=1S/C9H16Cl3NO3/c1-4-15-8(14)13-7(9(10,11)12)16-5-6(2)3/h6-7H,4-5H2,1-3H3,(H,13,14). The Hall–Kier alpha value is 0.1000. The molecule has 0 bridgehead atoms. The first kappa shape index (κ1) is 16.1. The van der Waals surface area contributed by atoms with Crippen LogP contribution in [0.2, 0.25) is 0 Å². The van der Waals surface area contributed by atoms with Crippen molar-refractivity contribution in [2.75, 3.05) is 13.2 Å². The third kappa shape index (κ3) is 7.39. The van der Waals surface area contributed by atoms with E-state index in [4.69, 9.17) is 39.5 Å². The molecule has 0 rings (SSSR count). The lowest BCUT2D eigenvalue weighted by Crippen LogP contribution is -2.46. The molecular weight excluding hydrogens is 276 g/mol. The molecule has 0 aliphatic heterocycles. The van der Waals surface area contributed by atoms with Gasteiger partial charge in [-0.25, -0.2) is 4.79 Å². The predicted molar refractivity (Wildman–Crippen MR) is 65.0 cm³/mol. The number of rotatable bonds is 5. The number of ether oxygens (including phenoxy) is 2. The van der Waals surface area contributed by atoms with Crippen LogP contribution < -0.4 is 5.32 Å². The van der Waals surface area contributed by atoms with Crippen molar-refractivity contribution in [3.63, 3.8) is 0 Å². The average Bonchev–Trinajstić information content (AvgIpc) is 2.10. The normalized spacial score (nSPS) is 13.7. The molecule has 0 saturated heterocycles. The lowest BCUT2D eigenvalue weighted by Gasteiger charge is -2.25. The molecule has 96 valence electrons. The zero-order valence-corrected chi connectivity index (χ0v) is 11.7. The SMILES string of the molecule is CCOC(=O)NC(OCC(C)C)C(Cl)(Cl)Cl. The Morgan fingerprint density at radius 2 is 1.94 bits per heavy atom. The number of alkyl halides is 3. The van der Waals surface area contributed by atoms with Crippen LogP contribution in [0, 0.1) is 5.92 Å². The molecule has 0 spiro atoms. The smallest absolute Gasteiger partial charge is 0.409 e. The van der Waals surface area contributed by atoms with E-state index in [1.165, 1.54) is 0 Å². The molecule has 7 heteroatoms. The monoisotopic (exact) mass is 291 g/mol. The molecule has 1 N–H and O–H groups in total. The Kier molecular flexibility index (Phi) is 7.48. The van der Waals surface area contributed by atoms with Gasteiger partial charge in [0.1, 0.15) is 0 Å². The van der Waals surface area contributed by atoms with Crippen LogP contribution in [-0.2, 0) is 9.47 Å². The molecule has 0 heterocycles. The summed E-state index contributed by atoms with van der Waals surface area (Å²) >= 11 is 17.0. The van der Waals surface area contributed by atoms with Crippen LogP contribution in [0.1, 0.15) is 20.8 Å². The summed E-state index contributed by atoms with van der Waals surface area (Å²) in [5.41, 5.74) is 0. The van der Waals surface area contributed by atoms with E-state index in [0.29, 0.717) is 6.61 Å². The number of carbonyl (C=O) groups is 1. The Morgan fingerprint density at radius 3 is 2.31 bits per heavy atom. The first-order valence-corrected chi connectivity index (χ1v) is 6.02. The van der Waals surface area contributed by atoms with E-state index in [0.717, 1.165) is 0 Å². The minimum Gasteiger partial charge on any atom is -0.450 e. The second kappa shape index (κ2) is 7.43. The highest BCUT2D eigenvalue weighted by Crippen LogP contribution is 2.31. The van der Waals surface area contributed by atoms with E-state index in [2.05, 4.69) is 10.1 Å². The number of carbonyl (C=O) groups excluding carboxylic acids is 1. The third-order valence-corrected chi connectivity index (χ3v) is 2.01. The number of amides is 1. The van der Waals surface area contributed by atoms with Gasteiger partial charge in [0.15, 0.2) is 6.23 Å². The average molecular weight is 293 g/mol. The maximum Gasteiger partial charge on any atom is 0.409 e. The number of hydrogen-bond acceptors (Lipinski definition) is 3. The number of halogens is 3. The van der Waals surface area contributed by atoms with Crippen molar-refractivity contribution in [3.05, 3.63) is 0 Å². The molecule has 0 fully saturated rings. The molecule has 0 aromatic heterocycles. The van der Waals surface area contributed by atoms with Crippen LogP contribution in [-0.4, -0.2) is 29.3 Å². The highest BCUT2D eigenvalue weighted by atomic mass is 35.6. The third-order valence-electron chi connectivity index (χ3n) is 1.42. The Labute approximate surface area is 111 Å². The van der Waals surface area contributed by atoms with Crippen molar-refractivity contribution in [3.8, 4) is 0 Å². The fraction of sp³-hybridized carbons (Fsp3) is 0.889. The largest absolute Gasteiger partial charge is 0.450 e. The van der Waals surface area contributed by atoms with Gasteiger partial charge >= 0.3 is 6.09 Å². The summed E-state index contributed by atoms with van der Waals surface area (Å²) in [6.07, 6.45) is -1.71. The van der Waals surface area contributed by atoms with Crippen LogP contribution in [0.15, 0.2) is 0 Å². The summed E-state index contributed by atoms with van der Waals surface area (Å²) in [6.45, 7) is 6.17. The van der Waals surface area contributed by atoms with Crippen LogP contribution in [0.4, 0.5) is 4.79 Å². The first-order chi connectivity index (χ1) is 7.27. The molecule has 1 unspecified atom stereocenters. The number of alkyl carbamates (subject to hydrolysis) is 1. The maximum atomic E-state index is 11.2. The molecule has 4 nitrogen and oxygen atoms in total. The van der Waals surface area contributed by atoms with E-state index >= 15 is 0 Å². The number of nitrogens with one attached hydrogen (secondary N) is 1. The minimum atomic E-state index is -1.73. The van der Waals surface area contributed by atoms with Gasteiger partial charge in [-0.15, -0.1) is 0 Å². The highest BCUT2D eigenvalue weighted by molar-refractivity contribution is 6.68. The lowest BCUT2D eigenvalue weighted by molar-refractivity contribution is 0.0152. The summed E-state index contributed by atoms with van der Waals surface area (Å²) < 4.78 is 8.21. The van der Waals surface area contributed by atoms with Gasteiger partial charge in [0.2, 0.25) is 3.79 Å². The zero-order valence-electron chi connectivity index (χ0n) is 9.43. The van der Waals surface area contributed by atoms with Crippen molar-refractivity contribution in [1.82, 2.24) is 5.32 Å². The fourth-order valence-corrected chi connectivity index (χ4v) is 1.14. The van der Waals surface area contributed by atoms with E-state index in [9.17, 15) is 4.79 Å². The second-order valence-corrected chi connectivity index (χ2v) is 5.88. The molecule has 0 radical (unpaired) electrons. The summed E-state index contributed by atoms with van der Waals surface area (Å²) in [6, 6.07) is 0. The Morgan fingerprint density at radius 1 is 1.38 bits per heavy atom. The van der Waals surface area contributed by atoms with Crippen LogP contribution in [0.3, 0.4) is 0 Å². The predicted octanol–water partition coefficient (Wildman–Crippen LogP) is 3.10. The van der Waals surface area contributed by atoms with Gasteiger partial charge in [-0.2, -0.15) is 0 Å². The highest BCUT2D eigenvalue weighted by Gasteiger charge is 2.35. The zero-order chi connectivity index (χ0) is 12.8. The maximum absolute atomic E-state index is 11.2. The van der Waals surface area contributed by atoms with Gasteiger partial charge in [-0.05, 0) is 12.8 Å². The molecule has 16 heavy (non-hydrogen) atoms. The van der Waals surface area contributed by atoms with Gasteiger partial charge in [-0.3, -0.25) is 5.32 Å². The van der Waals surface area contributed by atoms with Gasteiger partial charge in [0, 0.05) is 0 Å². The van der Waals surface area contributed by atoms with Gasteiger partial charge in [0.25, 0.3) is 0 Å². The van der Waals surface area contributed by atoms with E-state index in [-0.39, 0.29) is 12.5 Å². The number of hydrogen-bond donors (Lipinski definition) is 1. The molecular formula is C9H16Cl3NO3. The molecule has 0 aliphatic carbocycles. The van der Waals surface area contributed by atoms with Crippen LogP contribution in [0.25, 0.3) is 0 Å². The van der Waals surface area contributed by atoms with Crippen molar-refractivity contribution >= 4 is 40.9 Å². The van der Waals surface area contributed by atoms with Gasteiger partial charge in [0.05, 0.1) is 13.2 Å². The molecule has 0 aromatic rings. The Balaban J connectivity index is 4.27. The molecule has 0 aromatic carbocycles. The lowest BCUT2D eigenvalue weighted by atomic mass is 10.2. The van der Waals surface area contributed by atoms with Crippen molar-refractivity contribution in [2.24, 2.45) is 5.92 Å². The topological polar surface area (TPSA) is 47.6 Å². The molecule has 0 saturated carbocycles. The van der Waals surface area contributed by atoms with E-state index in [1.807, 2.05) is 13.8 Å². The molecule has 0 aliphatic rings. The van der Waals surface area contributed by atoms with Crippen molar-refractivity contribution < 1.29 is 14.3 Å². The quantitative estimate of drug-likeness (QED) is 0.625. The summed E-state index contributed by atoms with van der Waals surface area (Å²) in [5.74, 6) is 0.263. The van der Waals surface area contributed by atoms with Crippen molar-refractivity contribution in [2.45, 2.75) is 30.8 Å². The van der Waals surface area contributed by atoms with E-state index in [1.54, 1.807) is 6.92 Å². The summed E-state index contributed by atoms with van der Waals surface area (Å²) in [4.78, 5) is 11.2. The summed E-state index contributed by atoms with van der Waals surface area (Å²) in [7, 11) is 0. The van der Waals surface area contributed by atoms with Crippen LogP contribution >= 0.6 is 34.8 Å². The van der Waals surface area contributed by atoms with Gasteiger partial charge in [-0.1, -0.05) is 48.7 Å². The van der Waals surface area contributed by atoms with E-state index < -0.39 is 16.1 Å². The van der Waals surface area contributed by atoms with Gasteiger partial charge < -0.3 is 9.47 Å². The Bertz CT molecular complexity index is 219. The fourth-order valence-electron chi connectivity index (χ4n) is 0.786. The first-order valence-electron chi connectivity index (χ1n) is 4.89. The second-order valence-electron chi connectivity index (χ2n) is 3.51. The molecule has 1 amide bonds. The summed E-state index contributed by atoms with van der Waals surface area (Å²) in [5, 5.41) is 2.33. The molecule has 1 atom stereocenters. The minimum absolute atomic E-state index is 0.239. The van der Waals surface area contributed by atoms with Crippen molar-refractivity contribution in [1.29, 1.82) is 0 Å².